The van der Waals surface area contributed by atoms with Crippen molar-refractivity contribution in [3.8, 4) is 0 Å². The van der Waals surface area contributed by atoms with Crippen molar-refractivity contribution in [1.29, 1.82) is 0 Å². The van der Waals surface area contributed by atoms with Crippen LogP contribution in [0.5, 0.6) is 0 Å². The average Bonchev–Trinajstić information content (AvgIpc) is 2.24. The fraction of sp³-hybridized carbons (Fsp3) is 0.833. The van der Waals surface area contributed by atoms with E-state index < -0.39 is 5.60 Å². The fourth-order valence-electron chi connectivity index (χ4n) is 1.15. The lowest BCUT2D eigenvalue weighted by Gasteiger charge is -2.22. The van der Waals surface area contributed by atoms with E-state index in [2.05, 4.69) is 5.32 Å². The van der Waals surface area contributed by atoms with Gasteiger partial charge in [-0.05, 0) is 27.2 Å². The molecule has 0 aromatic rings. The number of nitrogens with one attached hydrogen (secondary N) is 1. The van der Waals surface area contributed by atoms with Crippen molar-refractivity contribution in [2.24, 2.45) is 0 Å². The average molecular weight is 245 g/mol. The summed E-state index contributed by atoms with van der Waals surface area (Å²) in [7, 11) is 0. The molecule has 0 aliphatic heterocycles. The second-order valence-corrected chi connectivity index (χ2v) is 4.67. The molecule has 100 valence electrons. The van der Waals surface area contributed by atoms with E-state index in [-0.39, 0.29) is 18.3 Å². The molecule has 0 fully saturated rings. The molecule has 0 radical (unpaired) electrons. The molecule has 0 saturated heterocycles. The Morgan fingerprint density at radius 1 is 1.29 bits per heavy atom. The van der Waals surface area contributed by atoms with Crippen molar-refractivity contribution in [1.82, 2.24) is 5.32 Å². The minimum absolute atomic E-state index is 0.0560. The van der Waals surface area contributed by atoms with Gasteiger partial charge in [0.1, 0.15) is 5.78 Å². The number of Topliss-reactive ketones (excluding diaryl/α,β-unsaturated/α-hetero) is 1. The molecule has 2 N–H and O–H groups in total. The monoisotopic (exact) mass is 245 g/mol. The van der Waals surface area contributed by atoms with Crippen LogP contribution in [0.1, 0.15) is 40.0 Å². The van der Waals surface area contributed by atoms with Gasteiger partial charge in [0.2, 0.25) is 5.91 Å². The third kappa shape index (κ3) is 9.96. The Balaban J connectivity index is 3.49. The summed E-state index contributed by atoms with van der Waals surface area (Å²) in [5, 5.41) is 11.6. The molecule has 0 saturated carbocycles. The summed E-state index contributed by atoms with van der Waals surface area (Å²) in [6.07, 6.45) is 1.40. The van der Waals surface area contributed by atoms with Crippen LogP contribution in [-0.4, -0.2) is 42.2 Å². The number of hydrogen-bond donors (Lipinski definition) is 2. The lowest BCUT2D eigenvalue weighted by Crippen LogP contribution is -2.34. The maximum Gasteiger partial charge on any atom is 0.220 e. The number of carbonyl (C=O) groups is 2. The van der Waals surface area contributed by atoms with Crippen LogP contribution >= 0.6 is 0 Å². The lowest BCUT2D eigenvalue weighted by molar-refractivity contribution is -0.122. The van der Waals surface area contributed by atoms with Gasteiger partial charge in [0.15, 0.2) is 0 Å². The van der Waals surface area contributed by atoms with E-state index in [1.54, 1.807) is 13.8 Å². The topological polar surface area (TPSA) is 75.6 Å². The summed E-state index contributed by atoms with van der Waals surface area (Å²) in [6, 6.07) is 0. The molecule has 5 heteroatoms. The Labute approximate surface area is 103 Å². The zero-order valence-corrected chi connectivity index (χ0v) is 10.9. The number of ketones is 1. The number of carbonyl (C=O) groups excluding carboxylic acids is 2. The molecule has 0 rings (SSSR count). The van der Waals surface area contributed by atoms with Crippen LogP contribution < -0.4 is 5.32 Å². The molecule has 0 aromatic carbocycles. The van der Waals surface area contributed by atoms with Gasteiger partial charge in [0, 0.05) is 19.4 Å². The summed E-state index contributed by atoms with van der Waals surface area (Å²) >= 11 is 0. The first-order valence-corrected chi connectivity index (χ1v) is 5.88. The van der Waals surface area contributed by atoms with Crippen LogP contribution in [0.4, 0.5) is 0 Å². The maximum atomic E-state index is 11.3. The number of hydrogen-bond acceptors (Lipinski definition) is 4. The Morgan fingerprint density at radius 2 is 1.94 bits per heavy atom. The molecule has 0 aliphatic rings. The van der Waals surface area contributed by atoms with E-state index in [1.165, 1.54) is 6.92 Å². The van der Waals surface area contributed by atoms with Crippen LogP contribution in [0.3, 0.4) is 0 Å². The molecule has 17 heavy (non-hydrogen) atoms. The second kappa shape index (κ2) is 8.20. The van der Waals surface area contributed by atoms with Gasteiger partial charge in [-0.15, -0.1) is 0 Å². The van der Waals surface area contributed by atoms with Gasteiger partial charge in [-0.1, -0.05) is 0 Å². The van der Waals surface area contributed by atoms with E-state index in [0.29, 0.717) is 32.4 Å². The van der Waals surface area contributed by atoms with E-state index in [9.17, 15) is 9.59 Å². The van der Waals surface area contributed by atoms with Gasteiger partial charge < -0.3 is 20.0 Å². The smallest absolute Gasteiger partial charge is 0.220 e. The van der Waals surface area contributed by atoms with Crippen LogP contribution in [-0.2, 0) is 14.3 Å². The Kier molecular flexibility index (Phi) is 7.74. The number of rotatable bonds is 9. The summed E-state index contributed by atoms with van der Waals surface area (Å²) < 4.78 is 5.35. The summed E-state index contributed by atoms with van der Waals surface area (Å²) in [5.41, 5.74) is -0.570. The quantitative estimate of drug-likeness (QED) is 0.585. The van der Waals surface area contributed by atoms with Crippen molar-refractivity contribution in [3.05, 3.63) is 0 Å². The number of ether oxygens (including phenoxy) is 1. The Morgan fingerprint density at radius 3 is 2.47 bits per heavy atom. The van der Waals surface area contributed by atoms with Gasteiger partial charge in [-0.25, -0.2) is 0 Å². The lowest BCUT2D eigenvalue weighted by atomic mass is 10.1. The molecule has 0 unspecified atom stereocenters. The molecular formula is C12H23NO4. The molecule has 5 nitrogen and oxygen atoms in total. The third-order valence-electron chi connectivity index (χ3n) is 2.23. The standard InChI is InChI=1S/C12H23NO4/c1-10(15)5-4-6-11(16)13-7-8-17-12(2,3)9-14/h14H,4-9H2,1-3H3,(H,13,16). The Hall–Kier alpha value is -0.940. The third-order valence-corrected chi connectivity index (χ3v) is 2.23. The molecule has 0 aliphatic carbocycles. The Bertz CT molecular complexity index is 251. The molecule has 0 aromatic heterocycles. The highest BCUT2D eigenvalue weighted by Crippen LogP contribution is 2.06. The maximum absolute atomic E-state index is 11.3. The fourth-order valence-corrected chi connectivity index (χ4v) is 1.15. The van der Waals surface area contributed by atoms with Crippen LogP contribution in [0.15, 0.2) is 0 Å². The van der Waals surface area contributed by atoms with E-state index in [4.69, 9.17) is 9.84 Å². The van der Waals surface area contributed by atoms with Crippen molar-refractivity contribution < 1.29 is 19.4 Å². The van der Waals surface area contributed by atoms with Crippen molar-refractivity contribution >= 4 is 11.7 Å². The normalized spacial score (nSPS) is 11.3. The van der Waals surface area contributed by atoms with Gasteiger partial charge >= 0.3 is 0 Å². The van der Waals surface area contributed by atoms with E-state index >= 15 is 0 Å². The van der Waals surface area contributed by atoms with Crippen LogP contribution in [0.25, 0.3) is 0 Å². The van der Waals surface area contributed by atoms with Crippen LogP contribution in [0.2, 0.25) is 0 Å². The highest BCUT2D eigenvalue weighted by Gasteiger charge is 2.16. The predicted molar refractivity (Wildman–Crippen MR) is 64.7 cm³/mol. The minimum Gasteiger partial charge on any atom is -0.393 e. The largest absolute Gasteiger partial charge is 0.393 e. The summed E-state index contributed by atoms with van der Waals surface area (Å²) in [5.74, 6) is 0.0301. The molecular weight excluding hydrogens is 222 g/mol. The van der Waals surface area contributed by atoms with Gasteiger partial charge in [0.05, 0.1) is 18.8 Å². The molecule has 0 heterocycles. The van der Waals surface area contributed by atoms with Crippen molar-refractivity contribution in [2.45, 2.75) is 45.6 Å². The van der Waals surface area contributed by atoms with Crippen molar-refractivity contribution in [2.75, 3.05) is 19.8 Å². The number of amides is 1. The highest BCUT2D eigenvalue weighted by atomic mass is 16.5. The molecule has 0 spiro atoms. The second-order valence-electron chi connectivity index (χ2n) is 4.67. The molecule has 0 atom stereocenters. The van der Waals surface area contributed by atoms with Crippen LogP contribution in [0, 0.1) is 0 Å². The SMILES string of the molecule is CC(=O)CCCC(=O)NCCOC(C)(C)CO. The first kappa shape index (κ1) is 16.1. The predicted octanol–water partition coefficient (Wildman–Crippen LogP) is 0.649. The molecule has 0 bridgehead atoms. The minimum atomic E-state index is -0.570. The van der Waals surface area contributed by atoms with E-state index in [0.717, 1.165) is 0 Å². The van der Waals surface area contributed by atoms with Gasteiger partial charge in [0.25, 0.3) is 0 Å². The first-order chi connectivity index (χ1) is 7.87. The summed E-state index contributed by atoms with van der Waals surface area (Å²) in [6.45, 7) is 5.81. The molecule has 1 amide bonds. The number of aliphatic hydroxyl groups excluding tert-OH is 1. The van der Waals surface area contributed by atoms with E-state index in [1.807, 2.05) is 0 Å². The van der Waals surface area contributed by atoms with Gasteiger partial charge in [-0.2, -0.15) is 0 Å². The zero-order valence-electron chi connectivity index (χ0n) is 10.9. The number of aliphatic hydroxyl groups is 1. The summed E-state index contributed by atoms with van der Waals surface area (Å²) in [4.78, 5) is 21.9. The van der Waals surface area contributed by atoms with Crippen molar-refractivity contribution in [3.63, 3.8) is 0 Å². The highest BCUT2D eigenvalue weighted by molar-refractivity contribution is 5.78. The zero-order chi connectivity index (χ0) is 13.3. The first-order valence-electron chi connectivity index (χ1n) is 5.88. The van der Waals surface area contributed by atoms with Gasteiger partial charge in [-0.3, -0.25) is 4.79 Å².